The van der Waals surface area contributed by atoms with Gasteiger partial charge in [0.2, 0.25) is 0 Å². The Morgan fingerprint density at radius 3 is 2.29 bits per heavy atom. The Hall–Kier alpha value is -1.16. The van der Waals surface area contributed by atoms with Gasteiger partial charge in [-0.2, -0.15) is 0 Å². The van der Waals surface area contributed by atoms with Gasteiger partial charge in [-0.15, -0.1) is 0 Å². The highest BCUT2D eigenvalue weighted by Crippen LogP contribution is 2.34. The Labute approximate surface area is 99.8 Å². The maximum atomic E-state index is 13.7. The van der Waals surface area contributed by atoms with Crippen LogP contribution in [0.3, 0.4) is 0 Å². The minimum absolute atomic E-state index is 0.446. The van der Waals surface area contributed by atoms with E-state index in [2.05, 4.69) is 16.8 Å². The number of fused-ring (bicyclic) bond motifs is 1. The van der Waals surface area contributed by atoms with Crippen molar-refractivity contribution >= 4 is 5.69 Å². The Balaban J connectivity index is 1.79. The maximum Gasteiger partial charge on any atom is 0.149 e. The van der Waals surface area contributed by atoms with Crippen molar-refractivity contribution in [1.82, 2.24) is 4.90 Å². The Morgan fingerprint density at radius 2 is 1.71 bits per heavy atom. The molecule has 0 saturated carbocycles. The van der Waals surface area contributed by atoms with Crippen LogP contribution in [0, 0.1) is 23.5 Å². The van der Waals surface area contributed by atoms with Gasteiger partial charge in [0.25, 0.3) is 0 Å². The molecule has 2 nitrogen and oxygen atoms in total. The first-order chi connectivity index (χ1) is 8.13. The summed E-state index contributed by atoms with van der Waals surface area (Å²) < 4.78 is 26.5. The molecule has 2 aliphatic rings. The highest BCUT2D eigenvalue weighted by molar-refractivity contribution is 5.49. The highest BCUT2D eigenvalue weighted by atomic mass is 19.1. The Bertz CT molecular complexity index is 421. The monoisotopic (exact) mass is 238 g/mol. The van der Waals surface area contributed by atoms with E-state index in [1.807, 2.05) is 0 Å². The number of hydrogen-bond donors (Lipinski definition) is 0. The SMILES string of the molecule is CN1CC2CN(c3ccc(F)cc3F)CC2C1. The fraction of sp³-hybridized carbons (Fsp3) is 0.538. The highest BCUT2D eigenvalue weighted by Gasteiger charge is 2.39. The standard InChI is InChI=1S/C13H16F2N2/c1-16-5-9-7-17(8-10(9)6-16)13-3-2-11(14)4-12(13)15/h2-4,9-10H,5-8H2,1H3. The summed E-state index contributed by atoms with van der Waals surface area (Å²) in [5.74, 6) is 0.303. The summed E-state index contributed by atoms with van der Waals surface area (Å²) in [5.41, 5.74) is 0.545. The number of nitrogens with zero attached hydrogens (tertiary/aromatic N) is 2. The molecule has 4 heteroatoms. The molecular weight excluding hydrogens is 222 g/mol. The maximum absolute atomic E-state index is 13.7. The first kappa shape index (κ1) is 11.0. The third-order valence-corrected chi connectivity index (χ3v) is 3.92. The van der Waals surface area contributed by atoms with E-state index in [0.717, 1.165) is 32.2 Å². The quantitative estimate of drug-likeness (QED) is 0.738. The van der Waals surface area contributed by atoms with Crippen molar-refractivity contribution < 1.29 is 8.78 Å². The van der Waals surface area contributed by atoms with Crippen molar-refractivity contribution in [3.63, 3.8) is 0 Å². The molecular formula is C13H16F2N2. The van der Waals surface area contributed by atoms with Crippen LogP contribution in [0.2, 0.25) is 0 Å². The van der Waals surface area contributed by atoms with Crippen molar-refractivity contribution in [3.8, 4) is 0 Å². The zero-order chi connectivity index (χ0) is 12.0. The summed E-state index contributed by atoms with van der Waals surface area (Å²) in [6, 6.07) is 3.85. The van der Waals surface area contributed by atoms with Crippen LogP contribution in [0.4, 0.5) is 14.5 Å². The molecule has 1 aromatic carbocycles. The van der Waals surface area contributed by atoms with E-state index in [-0.39, 0.29) is 0 Å². The van der Waals surface area contributed by atoms with Crippen molar-refractivity contribution in [2.75, 3.05) is 38.1 Å². The molecule has 2 atom stereocenters. The van der Waals surface area contributed by atoms with Crippen LogP contribution in [0.1, 0.15) is 0 Å². The second kappa shape index (κ2) is 3.95. The van der Waals surface area contributed by atoms with Crippen LogP contribution in [-0.4, -0.2) is 38.1 Å². The smallest absolute Gasteiger partial charge is 0.149 e. The normalized spacial score (nSPS) is 28.8. The molecule has 2 aliphatic heterocycles. The fourth-order valence-corrected chi connectivity index (χ4v) is 3.16. The number of likely N-dealkylation sites (tertiary alicyclic amines) is 1. The van der Waals surface area contributed by atoms with E-state index in [9.17, 15) is 8.78 Å². The van der Waals surface area contributed by atoms with E-state index in [4.69, 9.17) is 0 Å². The lowest BCUT2D eigenvalue weighted by atomic mass is 10.0. The third kappa shape index (κ3) is 1.90. The summed E-state index contributed by atoms with van der Waals surface area (Å²) in [7, 11) is 2.13. The molecule has 0 spiro atoms. The summed E-state index contributed by atoms with van der Waals surface area (Å²) in [6.07, 6.45) is 0. The van der Waals surface area contributed by atoms with Gasteiger partial charge in [0, 0.05) is 32.2 Å². The van der Waals surface area contributed by atoms with Crippen molar-refractivity contribution in [3.05, 3.63) is 29.8 Å². The van der Waals surface area contributed by atoms with Crippen LogP contribution >= 0.6 is 0 Å². The average Bonchev–Trinajstić information content (AvgIpc) is 2.74. The molecule has 0 aromatic heterocycles. The lowest BCUT2D eigenvalue weighted by Gasteiger charge is -2.21. The summed E-state index contributed by atoms with van der Waals surface area (Å²) in [5, 5.41) is 0. The van der Waals surface area contributed by atoms with Gasteiger partial charge in [0.05, 0.1) is 5.69 Å². The number of benzene rings is 1. The Kier molecular flexibility index (Phi) is 2.54. The zero-order valence-corrected chi connectivity index (χ0v) is 9.87. The summed E-state index contributed by atoms with van der Waals surface area (Å²) >= 11 is 0. The van der Waals surface area contributed by atoms with Gasteiger partial charge >= 0.3 is 0 Å². The minimum atomic E-state index is -0.509. The van der Waals surface area contributed by atoms with Gasteiger partial charge in [-0.25, -0.2) is 8.78 Å². The molecule has 2 heterocycles. The van der Waals surface area contributed by atoms with Crippen molar-refractivity contribution in [1.29, 1.82) is 0 Å². The largest absolute Gasteiger partial charge is 0.368 e. The molecule has 1 aromatic rings. The van der Waals surface area contributed by atoms with Crippen LogP contribution in [-0.2, 0) is 0 Å². The molecule has 2 unspecified atom stereocenters. The van der Waals surface area contributed by atoms with Gasteiger partial charge in [-0.05, 0) is 31.0 Å². The van der Waals surface area contributed by atoms with Crippen LogP contribution in [0.15, 0.2) is 18.2 Å². The number of rotatable bonds is 1. The molecule has 0 radical (unpaired) electrons. The van der Waals surface area contributed by atoms with Crippen molar-refractivity contribution in [2.45, 2.75) is 0 Å². The average molecular weight is 238 g/mol. The first-order valence-corrected chi connectivity index (χ1v) is 6.02. The second-order valence-corrected chi connectivity index (χ2v) is 5.24. The molecule has 0 aliphatic carbocycles. The second-order valence-electron chi connectivity index (χ2n) is 5.24. The van der Waals surface area contributed by atoms with Gasteiger partial charge in [-0.3, -0.25) is 0 Å². The summed E-state index contributed by atoms with van der Waals surface area (Å²) in [4.78, 5) is 4.38. The predicted octanol–water partition coefficient (Wildman–Crippen LogP) is 1.96. The number of halogens is 2. The zero-order valence-electron chi connectivity index (χ0n) is 9.87. The van der Waals surface area contributed by atoms with E-state index in [1.165, 1.54) is 6.07 Å². The number of anilines is 1. The number of hydrogen-bond acceptors (Lipinski definition) is 2. The van der Waals surface area contributed by atoms with E-state index < -0.39 is 11.6 Å². The van der Waals surface area contributed by atoms with E-state index in [0.29, 0.717) is 17.5 Å². The minimum Gasteiger partial charge on any atom is -0.368 e. The molecule has 17 heavy (non-hydrogen) atoms. The van der Waals surface area contributed by atoms with Crippen LogP contribution in [0.5, 0.6) is 0 Å². The van der Waals surface area contributed by atoms with E-state index >= 15 is 0 Å². The lowest BCUT2D eigenvalue weighted by Crippen LogP contribution is -2.27. The lowest BCUT2D eigenvalue weighted by molar-refractivity contribution is 0.386. The molecule has 2 saturated heterocycles. The van der Waals surface area contributed by atoms with Crippen molar-refractivity contribution in [2.24, 2.45) is 11.8 Å². The van der Waals surface area contributed by atoms with E-state index in [1.54, 1.807) is 6.07 Å². The van der Waals surface area contributed by atoms with Gasteiger partial charge in [0.15, 0.2) is 0 Å². The molecule has 2 fully saturated rings. The Morgan fingerprint density at radius 1 is 1.06 bits per heavy atom. The van der Waals surface area contributed by atoms with Crippen LogP contribution in [0.25, 0.3) is 0 Å². The summed E-state index contributed by atoms with van der Waals surface area (Å²) in [6.45, 7) is 3.95. The van der Waals surface area contributed by atoms with Gasteiger partial charge in [-0.1, -0.05) is 0 Å². The van der Waals surface area contributed by atoms with Gasteiger partial charge in [0.1, 0.15) is 11.6 Å². The third-order valence-electron chi connectivity index (χ3n) is 3.92. The molecule has 3 rings (SSSR count). The molecule has 0 bridgehead atoms. The fourth-order valence-electron chi connectivity index (χ4n) is 3.16. The predicted molar refractivity (Wildman–Crippen MR) is 63.0 cm³/mol. The van der Waals surface area contributed by atoms with Crippen LogP contribution < -0.4 is 4.90 Å². The molecule has 0 N–H and O–H groups in total. The molecule has 92 valence electrons. The van der Waals surface area contributed by atoms with Gasteiger partial charge < -0.3 is 9.80 Å². The first-order valence-electron chi connectivity index (χ1n) is 6.02. The topological polar surface area (TPSA) is 6.48 Å². The molecule has 0 amide bonds.